The van der Waals surface area contributed by atoms with Crippen LogP contribution in [0.4, 0.5) is 4.39 Å². The predicted molar refractivity (Wildman–Crippen MR) is 85.1 cm³/mol. The molecule has 0 heterocycles. The zero-order valence-electron chi connectivity index (χ0n) is 11.7. The van der Waals surface area contributed by atoms with E-state index < -0.39 is 0 Å². The first-order valence-corrected chi connectivity index (χ1v) is 7.66. The van der Waals surface area contributed by atoms with E-state index >= 15 is 0 Å². The van der Waals surface area contributed by atoms with Crippen LogP contribution in [0.3, 0.4) is 0 Å². The van der Waals surface area contributed by atoms with Crippen LogP contribution in [0, 0.1) is 5.82 Å². The molecule has 2 aromatic carbocycles. The van der Waals surface area contributed by atoms with Crippen molar-refractivity contribution >= 4 is 15.9 Å². The molecule has 20 heavy (non-hydrogen) atoms. The summed E-state index contributed by atoms with van der Waals surface area (Å²) in [6.45, 7) is 4.22. The van der Waals surface area contributed by atoms with Crippen LogP contribution >= 0.6 is 15.9 Å². The Morgan fingerprint density at radius 3 is 2.40 bits per heavy atom. The minimum atomic E-state index is -0.187. The molecule has 0 aromatic heterocycles. The van der Waals surface area contributed by atoms with Crippen LogP contribution in [0.25, 0.3) is 0 Å². The van der Waals surface area contributed by atoms with Gasteiger partial charge in [-0.25, -0.2) is 4.39 Å². The molecule has 1 unspecified atom stereocenters. The normalized spacial score (nSPS) is 14.0. The Labute approximate surface area is 128 Å². The van der Waals surface area contributed by atoms with E-state index in [1.165, 1.54) is 11.6 Å². The summed E-state index contributed by atoms with van der Waals surface area (Å²) in [6, 6.07) is 15.5. The molecule has 0 aliphatic rings. The van der Waals surface area contributed by atoms with Crippen LogP contribution in [-0.2, 0) is 0 Å². The minimum Gasteiger partial charge on any atom is -0.303 e. The van der Waals surface area contributed by atoms with E-state index in [1.54, 1.807) is 12.1 Å². The molecule has 0 radical (unpaired) electrons. The zero-order chi connectivity index (χ0) is 14.5. The van der Waals surface area contributed by atoms with Gasteiger partial charge >= 0.3 is 0 Å². The third-order valence-corrected chi connectivity index (χ3v) is 4.01. The first kappa shape index (κ1) is 15.2. The molecule has 0 saturated carbocycles. The van der Waals surface area contributed by atoms with E-state index in [0.717, 1.165) is 16.5 Å². The Morgan fingerprint density at radius 2 is 1.80 bits per heavy atom. The van der Waals surface area contributed by atoms with Crippen molar-refractivity contribution in [2.45, 2.75) is 32.4 Å². The Kier molecular flexibility index (Phi) is 5.32. The molecule has 2 atom stereocenters. The van der Waals surface area contributed by atoms with Crippen molar-refractivity contribution in [2.75, 3.05) is 0 Å². The summed E-state index contributed by atoms with van der Waals surface area (Å²) in [5.41, 5.74) is 2.22. The molecule has 2 rings (SSSR count). The van der Waals surface area contributed by atoms with Crippen LogP contribution < -0.4 is 5.32 Å². The second-order valence-electron chi connectivity index (χ2n) is 4.96. The summed E-state index contributed by atoms with van der Waals surface area (Å²) in [6.07, 6.45) is 0.987. The van der Waals surface area contributed by atoms with Gasteiger partial charge in [-0.15, -0.1) is 0 Å². The van der Waals surface area contributed by atoms with Crippen LogP contribution in [0.2, 0.25) is 0 Å². The van der Waals surface area contributed by atoms with E-state index in [4.69, 9.17) is 0 Å². The van der Waals surface area contributed by atoms with Crippen LogP contribution in [0.1, 0.15) is 43.5 Å². The highest BCUT2D eigenvalue weighted by Crippen LogP contribution is 2.23. The zero-order valence-corrected chi connectivity index (χ0v) is 13.3. The van der Waals surface area contributed by atoms with E-state index in [-0.39, 0.29) is 17.9 Å². The van der Waals surface area contributed by atoms with E-state index in [2.05, 4.69) is 47.2 Å². The first-order valence-electron chi connectivity index (χ1n) is 6.87. The highest BCUT2D eigenvalue weighted by molar-refractivity contribution is 9.10. The molecule has 0 aliphatic heterocycles. The third kappa shape index (κ3) is 3.90. The molecular formula is C17H19BrFN. The SMILES string of the molecule is CCC(N[C@@H](C)c1cccc(F)c1)c1ccc(Br)cc1. The summed E-state index contributed by atoms with van der Waals surface area (Å²) in [5.74, 6) is -0.187. The number of nitrogens with one attached hydrogen (secondary N) is 1. The topological polar surface area (TPSA) is 12.0 Å². The Balaban J connectivity index is 2.11. The summed E-state index contributed by atoms with van der Waals surface area (Å²) in [7, 11) is 0. The second kappa shape index (κ2) is 7.00. The predicted octanol–water partition coefficient (Wildman–Crippen LogP) is 5.39. The molecule has 0 bridgehead atoms. The van der Waals surface area contributed by atoms with Gasteiger partial charge in [-0.2, -0.15) is 0 Å². The van der Waals surface area contributed by atoms with Gasteiger partial charge in [-0.05, 0) is 48.7 Å². The molecule has 1 N–H and O–H groups in total. The highest BCUT2D eigenvalue weighted by atomic mass is 79.9. The molecular weight excluding hydrogens is 317 g/mol. The van der Waals surface area contributed by atoms with Crippen molar-refractivity contribution in [3.63, 3.8) is 0 Å². The van der Waals surface area contributed by atoms with Gasteiger partial charge < -0.3 is 5.32 Å². The Bertz CT molecular complexity index is 553. The molecule has 0 spiro atoms. The molecule has 1 nitrogen and oxygen atoms in total. The lowest BCUT2D eigenvalue weighted by atomic mass is 10.0. The number of rotatable bonds is 5. The highest BCUT2D eigenvalue weighted by Gasteiger charge is 2.14. The minimum absolute atomic E-state index is 0.110. The summed E-state index contributed by atoms with van der Waals surface area (Å²) in [4.78, 5) is 0. The van der Waals surface area contributed by atoms with Gasteiger partial charge in [-0.1, -0.05) is 47.1 Å². The van der Waals surface area contributed by atoms with Crippen LogP contribution in [0.5, 0.6) is 0 Å². The van der Waals surface area contributed by atoms with Gasteiger partial charge in [0.15, 0.2) is 0 Å². The maximum absolute atomic E-state index is 13.3. The van der Waals surface area contributed by atoms with Crippen molar-refractivity contribution < 1.29 is 4.39 Å². The molecule has 3 heteroatoms. The van der Waals surface area contributed by atoms with E-state index in [0.29, 0.717) is 0 Å². The third-order valence-electron chi connectivity index (χ3n) is 3.48. The maximum atomic E-state index is 13.3. The lowest BCUT2D eigenvalue weighted by Crippen LogP contribution is -2.24. The quantitative estimate of drug-likeness (QED) is 0.772. The van der Waals surface area contributed by atoms with Gasteiger partial charge in [0.1, 0.15) is 5.82 Å². The average molecular weight is 336 g/mol. The lowest BCUT2D eigenvalue weighted by Gasteiger charge is -2.23. The second-order valence-corrected chi connectivity index (χ2v) is 5.87. The molecule has 0 aliphatic carbocycles. The fourth-order valence-electron chi connectivity index (χ4n) is 2.32. The van der Waals surface area contributed by atoms with Gasteiger partial charge in [0.2, 0.25) is 0 Å². The van der Waals surface area contributed by atoms with Crippen LogP contribution in [0.15, 0.2) is 53.0 Å². The Morgan fingerprint density at radius 1 is 1.10 bits per heavy atom. The van der Waals surface area contributed by atoms with Gasteiger partial charge in [-0.3, -0.25) is 0 Å². The first-order chi connectivity index (χ1) is 9.60. The largest absolute Gasteiger partial charge is 0.303 e. The molecule has 0 saturated heterocycles. The molecule has 0 amide bonds. The fourth-order valence-corrected chi connectivity index (χ4v) is 2.58. The monoisotopic (exact) mass is 335 g/mol. The van der Waals surface area contributed by atoms with Gasteiger partial charge in [0, 0.05) is 16.6 Å². The number of hydrogen-bond donors (Lipinski definition) is 1. The number of benzene rings is 2. The summed E-state index contributed by atoms with van der Waals surface area (Å²) < 4.78 is 14.4. The van der Waals surface area contributed by atoms with Gasteiger partial charge in [0.05, 0.1) is 0 Å². The summed E-state index contributed by atoms with van der Waals surface area (Å²) in [5, 5.41) is 3.56. The standard InChI is InChI=1S/C17H19BrFN/c1-3-17(13-7-9-15(18)10-8-13)20-12(2)14-5-4-6-16(19)11-14/h4-12,17,20H,3H2,1-2H3/t12-,17?/m0/s1. The molecule has 0 fully saturated rings. The smallest absolute Gasteiger partial charge is 0.123 e. The van der Waals surface area contributed by atoms with Crippen molar-refractivity contribution in [2.24, 2.45) is 0 Å². The number of halogens is 2. The molecule has 2 aromatic rings. The maximum Gasteiger partial charge on any atom is 0.123 e. The van der Waals surface area contributed by atoms with Crippen molar-refractivity contribution in [1.29, 1.82) is 0 Å². The van der Waals surface area contributed by atoms with Crippen molar-refractivity contribution in [3.05, 3.63) is 69.9 Å². The van der Waals surface area contributed by atoms with Crippen LogP contribution in [-0.4, -0.2) is 0 Å². The van der Waals surface area contributed by atoms with Crippen molar-refractivity contribution in [3.8, 4) is 0 Å². The lowest BCUT2D eigenvalue weighted by molar-refractivity contribution is 0.455. The van der Waals surface area contributed by atoms with E-state index in [9.17, 15) is 4.39 Å². The summed E-state index contributed by atoms with van der Waals surface area (Å²) >= 11 is 3.45. The Hall–Kier alpha value is -1.19. The molecule has 106 valence electrons. The number of hydrogen-bond acceptors (Lipinski definition) is 1. The fraction of sp³-hybridized carbons (Fsp3) is 0.294. The van der Waals surface area contributed by atoms with Gasteiger partial charge in [0.25, 0.3) is 0 Å². The average Bonchev–Trinajstić information content (AvgIpc) is 2.45. The van der Waals surface area contributed by atoms with Crippen molar-refractivity contribution in [1.82, 2.24) is 5.32 Å². The van der Waals surface area contributed by atoms with E-state index in [1.807, 2.05) is 18.2 Å².